The summed E-state index contributed by atoms with van der Waals surface area (Å²) in [5, 5.41) is 11.7. The first kappa shape index (κ1) is 16.7. The number of benzene rings is 2. The van der Waals surface area contributed by atoms with Gasteiger partial charge in [-0.15, -0.1) is 10.2 Å². The van der Waals surface area contributed by atoms with E-state index in [4.69, 9.17) is 0 Å². The summed E-state index contributed by atoms with van der Waals surface area (Å²) in [5.74, 6) is -0.315. The van der Waals surface area contributed by atoms with Crippen molar-refractivity contribution in [3.63, 3.8) is 0 Å². The van der Waals surface area contributed by atoms with E-state index in [1.807, 2.05) is 0 Å². The molecule has 24 heavy (non-hydrogen) atoms. The Morgan fingerprint density at radius 3 is 2.58 bits per heavy atom. The molecule has 0 bridgehead atoms. The van der Waals surface area contributed by atoms with Crippen molar-refractivity contribution >= 4 is 25.8 Å². The third kappa shape index (κ3) is 3.85. The number of aromatic nitrogens is 4. The molecule has 0 saturated carbocycles. The Balaban J connectivity index is 1.72. The molecule has 1 heterocycles. The summed E-state index contributed by atoms with van der Waals surface area (Å²) >= 11 is 3.26. The van der Waals surface area contributed by atoms with Gasteiger partial charge in [0, 0.05) is 10.0 Å². The van der Waals surface area contributed by atoms with Gasteiger partial charge in [-0.05, 0) is 41.6 Å². The highest BCUT2D eigenvalue weighted by Gasteiger charge is 2.15. The Bertz CT molecular complexity index is 958. The van der Waals surface area contributed by atoms with Crippen molar-refractivity contribution in [1.82, 2.24) is 20.2 Å². The van der Waals surface area contributed by atoms with Crippen LogP contribution in [0.3, 0.4) is 0 Å². The molecule has 0 atom stereocenters. The van der Waals surface area contributed by atoms with Crippen LogP contribution in [0.15, 0.2) is 57.9 Å². The van der Waals surface area contributed by atoms with Crippen LogP contribution in [0.1, 0.15) is 0 Å². The molecule has 3 aromatic rings. The van der Waals surface area contributed by atoms with Gasteiger partial charge in [-0.1, -0.05) is 28.1 Å². The molecule has 3 rings (SSSR count). The second kappa shape index (κ2) is 6.78. The minimum absolute atomic E-state index is 0.0563. The van der Waals surface area contributed by atoms with E-state index < -0.39 is 15.7 Å². The van der Waals surface area contributed by atoms with Crippen molar-refractivity contribution in [3.8, 4) is 11.4 Å². The van der Waals surface area contributed by atoms with Crippen molar-refractivity contribution in [3.05, 3.63) is 58.8 Å². The zero-order valence-electron chi connectivity index (χ0n) is 12.3. The van der Waals surface area contributed by atoms with Crippen LogP contribution < -0.4 is 0 Å². The summed E-state index contributed by atoms with van der Waals surface area (Å²) in [6.45, 7) is 0.0563. The van der Waals surface area contributed by atoms with Gasteiger partial charge in [0.05, 0.1) is 17.2 Å². The SMILES string of the molecule is O=S(=O)(CCn1nnc(-c2cccc(F)c2)n1)c1ccc(Br)cc1. The first-order valence-electron chi connectivity index (χ1n) is 6.96. The molecule has 0 radical (unpaired) electrons. The maximum atomic E-state index is 13.2. The van der Waals surface area contributed by atoms with Crippen molar-refractivity contribution in [2.45, 2.75) is 11.4 Å². The van der Waals surface area contributed by atoms with Crippen LogP contribution in [0.25, 0.3) is 11.4 Å². The fourth-order valence-corrected chi connectivity index (χ4v) is 3.50. The molecule has 0 fully saturated rings. The van der Waals surface area contributed by atoms with Crippen LogP contribution in [0.4, 0.5) is 4.39 Å². The maximum Gasteiger partial charge on any atom is 0.205 e. The van der Waals surface area contributed by atoms with E-state index in [0.29, 0.717) is 5.56 Å². The van der Waals surface area contributed by atoms with Gasteiger partial charge in [0.2, 0.25) is 5.82 Å². The molecule has 2 aromatic carbocycles. The van der Waals surface area contributed by atoms with Crippen LogP contribution in [-0.2, 0) is 16.4 Å². The van der Waals surface area contributed by atoms with Crippen LogP contribution in [0.5, 0.6) is 0 Å². The van der Waals surface area contributed by atoms with Gasteiger partial charge in [-0.3, -0.25) is 0 Å². The first-order chi connectivity index (χ1) is 11.4. The van der Waals surface area contributed by atoms with Gasteiger partial charge >= 0.3 is 0 Å². The molecule has 9 heteroatoms. The van der Waals surface area contributed by atoms with E-state index in [9.17, 15) is 12.8 Å². The second-order valence-corrected chi connectivity index (χ2v) is 8.02. The van der Waals surface area contributed by atoms with E-state index in [-0.39, 0.29) is 23.0 Å². The standard InChI is InChI=1S/C15H12BrFN4O2S/c16-12-4-6-14(7-5-12)24(22,23)9-8-21-19-15(18-20-21)11-2-1-3-13(17)10-11/h1-7,10H,8-9H2. The highest BCUT2D eigenvalue weighted by molar-refractivity contribution is 9.10. The normalized spacial score (nSPS) is 11.6. The third-order valence-corrected chi connectivity index (χ3v) is 5.51. The molecule has 124 valence electrons. The molecular formula is C15H12BrFN4O2S. The average molecular weight is 411 g/mol. The van der Waals surface area contributed by atoms with Gasteiger partial charge in [0.1, 0.15) is 5.82 Å². The van der Waals surface area contributed by atoms with Crippen molar-refractivity contribution in [1.29, 1.82) is 0 Å². The Labute approximate surface area is 146 Å². The van der Waals surface area contributed by atoms with Crippen molar-refractivity contribution in [2.75, 3.05) is 5.75 Å². The highest BCUT2D eigenvalue weighted by atomic mass is 79.9. The number of rotatable bonds is 5. The average Bonchev–Trinajstić information content (AvgIpc) is 3.03. The first-order valence-corrected chi connectivity index (χ1v) is 9.41. The Morgan fingerprint density at radius 2 is 1.88 bits per heavy atom. The summed E-state index contributed by atoms with van der Waals surface area (Å²) in [5.41, 5.74) is 0.483. The summed E-state index contributed by atoms with van der Waals surface area (Å²) in [6.07, 6.45) is 0. The van der Waals surface area contributed by atoms with Gasteiger partial charge < -0.3 is 0 Å². The van der Waals surface area contributed by atoms with E-state index in [1.54, 1.807) is 24.3 Å². The largest absolute Gasteiger partial charge is 0.224 e. The van der Waals surface area contributed by atoms with E-state index in [0.717, 1.165) is 4.47 Å². The molecule has 0 N–H and O–H groups in total. The molecule has 0 aliphatic rings. The Hall–Kier alpha value is -2.13. The minimum Gasteiger partial charge on any atom is -0.224 e. The van der Waals surface area contributed by atoms with E-state index in [1.165, 1.54) is 29.1 Å². The summed E-state index contributed by atoms with van der Waals surface area (Å²) < 4.78 is 38.6. The van der Waals surface area contributed by atoms with Crippen molar-refractivity contribution in [2.24, 2.45) is 0 Å². The Morgan fingerprint density at radius 1 is 1.12 bits per heavy atom. The third-order valence-electron chi connectivity index (χ3n) is 3.27. The number of tetrazole rings is 1. The number of halogens is 2. The quantitative estimate of drug-likeness (QED) is 0.645. The molecule has 1 aromatic heterocycles. The molecule has 0 aliphatic heterocycles. The number of sulfone groups is 1. The summed E-state index contributed by atoms with van der Waals surface area (Å²) in [4.78, 5) is 1.42. The van der Waals surface area contributed by atoms with Gasteiger partial charge in [0.15, 0.2) is 9.84 Å². The van der Waals surface area contributed by atoms with Crippen LogP contribution in [0, 0.1) is 5.82 Å². The van der Waals surface area contributed by atoms with Crippen molar-refractivity contribution < 1.29 is 12.8 Å². The number of hydrogen-bond acceptors (Lipinski definition) is 5. The smallest absolute Gasteiger partial charge is 0.205 e. The van der Waals surface area contributed by atoms with Gasteiger partial charge in [0.25, 0.3) is 0 Å². The zero-order chi connectivity index (χ0) is 17.2. The molecule has 0 amide bonds. The molecule has 6 nitrogen and oxygen atoms in total. The Kier molecular flexibility index (Phi) is 4.72. The molecule has 0 saturated heterocycles. The molecule has 0 aliphatic carbocycles. The summed E-state index contributed by atoms with van der Waals surface area (Å²) in [7, 11) is -3.45. The molecular weight excluding hydrogens is 399 g/mol. The van der Waals surface area contributed by atoms with E-state index in [2.05, 4.69) is 31.3 Å². The fourth-order valence-electron chi connectivity index (χ4n) is 2.04. The van der Waals surface area contributed by atoms with Crippen LogP contribution >= 0.6 is 15.9 Å². The lowest BCUT2D eigenvalue weighted by atomic mass is 10.2. The van der Waals surface area contributed by atoms with Gasteiger partial charge in [-0.25, -0.2) is 12.8 Å². The van der Waals surface area contributed by atoms with Gasteiger partial charge in [-0.2, -0.15) is 4.80 Å². The second-order valence-electron chi connectivity index (χ2n) is 4.99. The lowest BCUT2D eigenvalue weighted by molar-refractivity contribution is 0.538. The monoisotopic (exact) mass is 410 g/mol. The number of hydrogen-bond donors (Lipinski definition) is 0. The highest BCUT2D eigenvalue weighted by Crippen LogP contribution is 2.17. The number of nitrogens with zero attached hydrogens (tertiary/aromatic N) is 4. The maximum absolute atomic E-state index is 13.2. The van der Waals surface area contributed by atoms with Crippen LogP contribution in [-0.4, -0.2) is 34.4 Å². The van der Waals surface area contributed by atoms with E-state index >= 15 is 0 Å². The lowest BCUT2D eigenvalue weighted by Gasteiger charge is -2.03. The lowest BCUT2D eigenvalue weighted by Crippen LogP contribution is -2.15. The zero-order valence-corrected chi connectivity index (χ0v) is 14.7. The summed E-state index contributed by atoms with van der Waals surface area (Å²) in [6, 6.07) is 12.2. The minimum atomic E-state index is -3.45. The molecule has 0 spiro atoms. The predicted molar refractivity (Wildman–Crippen MR) is 89.4 cm³/mol. The molecule has 0 unspecified atom stereocenters. The predicted octanol–water partition coefficient (Wildman–Crippen LogP) is 2.72. The number of aryl methyl sites for hydroxylation is 1. The topological polar surface area (TPSA) is 77.7 Å². The van der Waals surface area contributed by atoms with Crippen LogP contribution in [0.2, 0.25) is 0 Å². The fraction of sp³-hybridized carbons (Fsp3) is 0.133.